The van der Waals surface area contributed by atoms with Gasteiger partial charge in [-0.1, -0.05) is 0 Å². The van der Waals surface area contributed by atoms with Crippen molar-refractivity contribution in [2.45, 2.75) is 6.92 Å². The molecule has 1 aromatic carbocycles. The Morgan fingerprint density at radius 1 is 1.47 bits per heavy atom. The monoisotopic (exact) mass is 238 g/mol. The van der Waals surface area contributed by atoms with Crippen LogP contribution in [0.25, 0.3) is 0 Å². The molecule has 0 saturated carbocycles. The highest BCUT2D eigenvalue weighted by atomic mass is 19.1. The van der Waals surface area contributed by atoms with Gasteiger partial charge in [0.1, 0.15) is 0 Å². The molecule has 3 nitrogen and oxygen atoms in total. The van der Waals surface area contributed by atoms with Gasteiger partial charge >= 0.3 is 0 Å². The van der Waals surface area contributed by atoms with Gasteiger partial charge in [0.25, 0.3) is 0 Å². The number of rotatable bonds is 5. The topological polar surface area (TPSA) is 24.5 Å². The number of nitrogens with one attached hydrogen (secondary N) is 1. The summed E-state index contributed by atoms with van der Waals surface area (Å²) in [7, 11) is 1.99. The summed E-state index contributed by atoms with van der Waals surface area (Å²) in [4.78, 5) is 2.09. The van der Waals surface area contributed by atoms with Gasteiger partial charge in [0.2, 0.25) is 0 Å². The third kappa shape index (κ3) is 2.88. The summed E-state index contributed by atoms with van der Waals surface area (Å²) < 4.78 is 18.8. The molecule has 0 atom stereocenters. The molecule has 0 bridgehead atoms. The summed E-state index contributed by atoms with van der Waals surface area (Å²) in [5, 5.41) is 3.23. The van der Waals surface area contributed by atoms with Crippen molar-refractivity contribution in [1.82, 2.24) is 5.32 Å². The van der Waals surface area contributed by atoms with Crippen LogP contribution in [-0.4, -0.2) is 33.3 Å². The maximum Gasteiger partial charge on any atom is 0.167 e. The normalized spacial score (nSPS) is 15.5. The second-order valence-corrected chi connectivity index (χ2v) is 4.45. The van der Waals surface area contributed by atoms with E-state index in [0.717, 1.165) is 25.3 Å². The molecule has 94 valence electrons. The minimum atomic E-state index is -0.289. The maximum atomic E-state index is 13.7. The van der Waals surface area contributed by atoms with Crippen molar-refractivity contribution in [2.24, 2.45) is 5.92 Å². The second-order valence-electron chi connectivity index (χ2n) is 4.45. The molecule has 1 fully saturated rings. The van der Waals surface area contributed by atoms with E-state index in [-0.39, 0.29) is 5.82 Å². The summed E-state index contributed by atoms with van der Waals surface area (Å²) in [5.74, 6) is 0.715. The first-order valence-electron chi connectivity index (χ1n) is 6.05. The molecular formula is C13H19FN2O. The zero-order valence-corrected chi connectivity index (χ0v) is 10.4. The SMILES string of the molecule is CCOc1ccc(N(C)CC2CNC2)cc1F. The molecule has 2 rings (SSSR count). The summed E-state index contributed by atoms with van der Waals surface area (Å²) in [6.45, 7) is 5.41. The molecule has 0 spiro atoms. The third-order valence-electron chi connectivity index (χ3n) is 3.05. The highest BCUT2D eigenvalue weighted by Crippen LogP contribution is 2.24. The van der Waals surface area contributed by atoms with Crippen LogP contribution in [0.4, 0.5) is 10.1 Å². The van der Waals surface area contributed by atoms with E-state index < -0.39 is 0 Å². The molecule has 1 saturated heterocycles. The predicted molar refractivity (Wildman–Crippen MR) is 67.2 cm³/mol. The van der Waals surface area contributed by atoms with Crippen LogP contribution in [0.2, 0.25) is 0 Å². The smallest absolute Gasteiger partial charge is 0.167 e. The molecule has 1 aliphatic rings. The summed E-state index contributed by atoms with van der Waals surface area (Å²) in [6, 6.07) is 5.14. The summed E-state index contributed by atoms with van der Waals surface area (Å²) >= 11 is 0. The van der Waals surface area contributed by atoms with E-state index in [2.05, 4.69) is 10.2 Å². The van der Waals surface area contributed by atoms with E-state index in [1.54, 1.807) is 6.07 Å². The van der Waals surface area contributed by atoms with Crippen LogP contribution in [0.3, 0.4) is 0 Å². The van der Waals surface area contributed by atoms with Crippen molar-refractivity contribution in [3.63, 3.8) is 0 Å². The van der Waals surface area contributed by atoms with Gasteiger partial charge in [0, 0.05) is 44.4 Å². The molecule has 0 radical (unpaired) electrons. The van der Waals surface area contributed by atoms with Crippen LogP contribution < -0.4 is 15.0 Å². The Morgan fingerprint density at radius 3 is 2.76 bits per heavy atom. The van der Waals surface area contributed by atoms with E-state index in [1.807, 2.05) is 20.0 Å². The number of hydrogen-bond acceptors (Lipinski definition) is 3. The average molecular weight is 238 g/mol. The molecule has 0 amide bonds. The molecule has 0 aliphatic carbocycles. The van der Waals surface area contributed by atoms with Gasteiger partial charge in [-0.2, -0.15) is 0 Å². The van der Waals surface area contributed by atoms with Crippen molar-refractivity contribution in [3.8, 4) is 5.75 Å². The molecule has 0 unspecified atom stereocenters. The van der Waals surface area contributed by atoms with E-state index >= 15 is 0 Å². The van der Waals surface area contributed by atoms with Gasteiger partial charge in [0.05, 0.1) is 6.61 Å². The fourth-order valence-corrected chi connectivity index (χ4v) is 1.97. The molecule has 1 heterocycles. The fraction of sp³-hybridized carbons (Fsp3) is 0.538. The number of nitrogens with zero attached hydrogens (tertiary/aromatic N) is 1. The number of hydrogen-bond donors (Lipinski definition) is 1. The molecule has 1 aliphatic heterocycles. The van der Waals surface area contributed by atoms with Crippen molar-refractivity contribution >= 4 is 5.69 Å². The Labute approximate surface area is 102 Å². The molecule has 0 aromatic heterocycles. The maximum absolute atomic E-state index is 13.7. The number of halogens is 1. The van der Waals surface area contributed by atoms with Crippen LogP contribution in [0, 0.1) is 11.7 Å². The van der Waals surface area contributed by atoms with Crippen LogP contribution >= 0.6 is 0 Å². The Morgan fingerprint density at radius 2 is 2.24 bits per heavy atom. The van der Waals surface area contributed by atoms with Gasteiger partial charge < -0.3 is 15.0 Å². The standard InChI is InChI=1S/C13H19FN2O/c1-3-17-13-5-4-11(6-12(13)14)16(2)9-10-7-15-8-10/h4-6,10,15H,3,7-9H2,1-2H3. The second kappa shape index (κ2) is 5.36. The number of benzene rings is 1. The quantitative estimate of drug-likeness (QED) is 0.847. The van der Waals surface area contributed by atoms with Gasteiger partial charge in [-0.3, -0.25) is 0 Å². The highest BCUT2D eigenvalue weighted by molar-refractivity contribution is 5.49. The van der Waals surface area contributed by atoms with E-state index in [1.165, 1.54) is 6.07 Å². The average Bonchev–Trinajstić information content (AvgIpc) is 2.26. The van der Waals surface area contributed by atoms with Crippen molar-refractivity contribution in [2.75, 3.05) is 38.2 Å². The Kier molecular flexibility index (Phi) is 3.84. The lowest BCUT2D eigenvalue weighted by atomic mass is 10.0. The van der Waals surface area contributed by atoms with Crippen molar-refractivity contribution in [1.29, 1.82) is 0 Å². The van der Waals surface area contributed by atoms with Gasteiger partial charge in [-0.15, -0.1) is 0 Å². The molecule has 4 heteroatoms. The lowest BCUT2D eigenvalue weighted by Gasteiger charge is -2.32. The van der Waals surface area contributed by atoms with Crippen molar-refractivity contribution in [3.05, 3.63) is 24.0 Å². The lowest BCUT2D eigenvalue weighted by molar-refractivity contribution is 0.321. The summed E-state index contributed by atoms with van der Waals surface area (Å²) in [5.41, 5.74) is 0.901. The Hall–Kier alpha value is -1.29. The first kappa shape index (κ1) is 12.2. The largest absolute Gasteiger partial charge is 0.491 e. The predicted octanol–water partition coefficient (Wildman–Crippen LogP) is 1.88. The minimum Gasteiger partial charge on any atom is -0.491 e. The molecule has 1 aromatic rings. The van der Waals surface area contributed by atoms with Crippen LogP contribution in [-0.2, 0) is 0 Å². The van der Waals surface area contributed by atoms with Crippen LogP contribution in [0.1, 0.15) is 6.92 Å². The highest BCUT2D eigenvalue weighted by Gasteiger charge is 2.19. The first-order chi connectivity index (χ1) is 8.20. The molecular weight excluding hydrogens is 219 g/mol. The van der Waals surface area contributed by atoms with Gasteiger partial charge in [-0.25, -0.2) is 4.39 Å². The Bertz CT molecular complexity index is 380. The Balaban J connectivity index is 2.02. The zero-order valence-electron chi connectivity index (χ0n) is 10.4. The van der Waals surface area contributed by atoms with Crippen LogP contribution in [0.5, 0.6) is 5.75 Å². The van der Waals surface area contributed by atoms with E-state index in [9.17, 15) is 4.39 Å². The first-order valence-corrected chi connectivity index (χ1v) is 6.05. The van der Waals surface area contributed by atoms with Crippen LogP contribution in [0.15, 0.2) is 18.2 Å². The molecule has 17 heavy (non-hydrogen) atoms. The minimum absolute atomic E-state index is 0.289. The number of anilines is 1. The van der Waals surface area contributed by atoms with E-state index in [0.29, 0.717) is 18.3 Å². The number of ether oxygens (including phenoxy) is 1. The zero-order chi connectivity index (χ0) is 12.3. The van der Waals surface area contributed by atoms with Crippen molar-refractivity contribution < 1.29 is 9.13 Å². The van der Waals surface area contributed by atoms with E-state index in [4.69, 9.17) is 4.74 Å². The van der Waals surface area contributed by atoms with Gasteiger partial charge in [0.15, 0.2) is 11.6 Å². The molecule has 1 N–H and O–H groups in total. The lowest BCUT2D eigenvalue weighted by Crippen LogP contribution is -2.47. The summed E-state index contributed by atoms with van der Waals surface area (Å²) in [6.07, 6.45) is 0. The fourth-order valence-electron chi connectivity index (χ4n) is 1.97. The van der Waals surface area contributed by atoms with Gasteiger partial charge in [-0.05, 0) is 19.1 Å². The third-order valence-corrected chi connectivity index (χ3v) is 3.05.